The average molecular weight is 277 g/mol. The summed E-state index contributed by atoms with van der Waals surface area (Å²) in [6.45, 7) is 1.63. The van der Waals surface area contributed by atoms with Crippen LogP contribution in [0.1, 0.15) is 45.4 Å². The van der Waals surface area contributed by atoms with Gasteiger partial charge in [-0.05, 0) is 32.1 Å². The molecule has 0 heterocycles. The van der Waals surface area contributed by atoms with Crippen LogP contribution in [-0.4, -0.2) is 40.3 Å². The second-order valence-electron chi connectivity index (χ2n) is 6.19. The molecule has 0 aromatic heterocycles. The smallest absolute Gasteiger partial charge is 0.352 e. The van der Waals surface area contributed by atoms with Crippen LogP contribution in [0.15, 0.2) is 0 Å². The molecular weight excluding hydrogens is 256 g/mol. The lowest BCUT2D eigenvalue weighted by Gasteiger charge is -2.42. The summed E-state index contributed by atoms with van der Waals surface area (Å²) in [6, 6.07) is -0.459. The number of carbonyl (C=O) groups is 1. The van der Waals surface area contributed by atoms with E-state index in [4.69, 9.17) is 0 Å². The molecule has 1 amide bonds. The zero-order chi connectivity index (χ0) is 14.3. The number of hydrogen-bond donors (Lipinski definition) is 3. The predicted molar refractivity (Wildman–Crippen MR) is 64.7 cm³/mol. The van der Waals surface area contributed by atoms with Crippen LogP contribution in [0.5, 0.6) is 0 Å². The van der Waals surface area contributed by atoms with E-state index in [0.717, 1.165) is 6.42 Å². The van der Waals surface area contributed by atoms with Crippen LogP contribution in [0.2, 0.25) is 0 Å². The average Bonchev–Trinajstić information content (AvgIpc) is 2.68. The molecule has 2 aliphatic rings. The molecule has 2 saturated carbocycles. The Morgan fingerprint density at radius 3 is 2.47 bits per heavy atom. The van der Waals surface area contributed by atoms with E-state index in [-0.39, 0.29) is 19.4 Å². The van der Waals surface area contributed by atoms with Gasteiger partial charge in [-0.2, -0.15) is 8.78 Å². The van der Waals surface area contributed by atoms with Gasteiger partial charge in [0.25, 0.3) is 5.91 Å². The first kappa shape index (κ1) is 14.7. The summed E-state index contributed by atoms with van der Waals surface area (Å²) in [5.74, 6) is -5.18. The lowest BCUT2D eigenvalue weighted by molar-refractivity contribution is -0.216. The SMILES string of the molecule is C[C@]1(CO)CCC[C@H]1NC(=O)C(F)(F)C1(O)CCC1. The van der Waals surface area contributed by atoms with Gasteiger partial charge in [0.2, 0.25) is 0 Å². The highest BCUT2D eigenvalue weighted by molar-refractivity contribution is 5.85. The van der Waals surface area contributed by atoms with Crippen molar-refractivity contribution in [3.8, 4) is 0 Å². The third-order valence-electron chi connectivity index (χ3n) is 4.80. The van der Waals surface area contributed by atoms with E-state index < -0.39 is 28.9 Å². The topological polar surface area (TPSA) is 69.6 Å². The molecule has 0 aliphatic heterocycles. The highest BCUT2D eigenvalue weighted by Gasteiger charge is 2.61. The molecule has 0 aromatic rings. The van der Waals surface area contributed by atoms with Gasteiger partial charge in [-0.1, -0.05) is 13.3 Å². The monoisotopic (exact) mass is 277 g/mol. The maximum atomic E-state index is 13.9. The maximum Gasteiger partial charge on any atom is 0.352 e. The second kappa shape index (κ2) is 4.66. The Morgan fingerprint density at radius 2 is 2.00 bits per heavy atom. The van der Waals surface area contributed by atoms with E-state index in [0.29, 0.717) is 19.3 Å². The van der Waals surface area contributed by atoms with Gasteiger partial charge in [0.15, 0.2) is 0 Å². The highest BCUT2D eigenvalue weighted by atomic mass is 19.3. The second-order valence-corrected chi connectivity index (χ2v) is 6.19. The number of hydrogen-bond acceptors (Lipinski definition) is 3. The molecule has 110 valence electrons. The van der Waals surface area contributed by atoms with E-state index >= 15 is 0 Å². The highest BCUT2D eigenvalue weighted by Crippen LogP contribution is 2.45. The van der Waals surface area contributed by atoms with Crippen molar-refractivity contribution in [3.05, 3.63) is 0 Å². The summed E-state index contributed by atoms with van der Waals surface area (Å²) >= 11 is 0. The molecule has 0 spiro atoms. The van der Waals surface area contributed by atoms with Gasteiger partial charge in [0.05, 0.1) is 6.61 Å². The lowest BCUT2D eigenvalue weighted by Crippen LogP contribution is -2.62. The molecule has 2 atom stereocenters. The molecule has 2 fully saturated rings. The van der Waals surface area contributed by atoms with Crippen molar-refractivity contribution >= 4 is 5.91 Å². The largest absolute Gasteiger partial charge is 0.396 e. The molecule has 2 aliphatic carbocycles. The van der Waals surface area contributed by atoms with Gasteiger partial charge in [0, 0.05) is 11.5 Å². The van der Waals surface area contributed by atoms with Crippen LogP contribution >= 0.6 is 0 Å². The Bertz CT molecular complexity index is 371. The fourth-order valence-electron chi connectivity index (χ4n) is 2.95. The molecule has 19 heavy (non-hydrogen) atoms. The molecular formula is C13H21F2NO3. The fourth-order valence-corrected chi connectivity index (χ4v) is 2.95. The Balaban J connectivity index is 2.05. The Hall–Kier alpha value is -0.750. The van der Waals surface area contributed by atoms with Crippen molar-refractivity contribution in [2.24, 2.45) is 5.41 Å². The number of halogens is 2. The van der Waals surface area contributed by atoms with E-state index in [2.05, 4.69) is 5.32 Å². The van der Waals surface area contributed by atoms with Crippen molar-refractivity contribution in [2.45, 2.75) is 63.0 Å². The number of amides is 1. The molecule has 0 saturated heterocycles. The quantitative estimate of drug-likeness (QED) is 0.723. The van der Waals surface area contributed by atoms with Gasteiger partial charge in [-0.3, -0.25) is 4.79 Å². The van der Waals surface area contributed by atoms with E-state index in [1.54, 1.807) is 6.92 Å². The first-order valence-corrected chi connectivity index (χ1v) is 6.77. The van der Waals surface area contributed by atoms with Crippen molar-refractivity contribution in [1.29, 1.82) is 0 Å². The lowest BCUT2D eigenvalue weighted by atomic mass is 9.75. The standard InChI is InChI=1S/C13H21F2NO3/c1-11(8-17)5-2-4-9(11)16-10(18)13(14,15)12(19)6-3-7-12/h9,17,19H,2-8H2,1H3,(H,16,18)/t9-,11-/m1/s1. The number of carbonyl (C=O) groups excluding carboxylic acids is 1. The maximum absolute atomic E-state index is 13.9. The van der Waals surface area contributed by atoms with Gasteiger partial charge < -0.3 is 15.5 Å². The van der Waals surface area contributed by atoms with Gasteiger partial charge in [-0.15, -0.1) is 0 Å². The number of rotatable bonds is 4. The summed E-state index contributed by atoms with van der Waals surface area (Å²) in [4.78, 5) is 11.8. The van der Waals surface area contributed by atoms with E-state index in [1.165, 1.54) is 0 Å². The molecule has 0 unspecified atom stereocenters. The van der Waals surface area contributed by atoms with Crippen molar-refractivity contribution in [1.82, 2.24) is 5.32 Å². The molecule has 0 radical (unpaired) electrons. The first-order chi connectivity index (χ1) is 8.75. The number of aliphatic hydroxyl groups excluding tert-OH is 1. The van der Waals surface area contributed by atoms with Crippen LogP contribution in [0.3, 0.4) is 0 Å². The summed E-state index contributed by atoms with van der Waals surface area (Å²) in [5, 5.41) is 21.4. The van der Waals surface area contributed by atoms with Crippen LogP contribution < -0.4 is 5.32 Å². The number of alkyl halides is 2. The van der Waals surface area contributed by atoms with Gasteiger partial charge in [0.1, 0.15) is 5.60 Å². The molecule has 0 aromatic carbocycles. The summed E-state index contributed by atoms with van der Waals surface area (Å²) in [5.41, 5.74) is -2.74. The van der Waals surface area contributed by atoms with Crippen molar-refractivity contribution < 1.29 is 23.8 Å². The minimum atomic E-state index is -3.76. The Labute approximate surface area is 111 Å². The summed E-state index contributed by atoms with van der Waals surface area (Å²) < 4.78 is 27.9. The zero-order valence-electron chi connectivity index (χ0n) is 11.1. The molecule has 0 bridgehead atoms. The van der Waals surface area contributed by atoms with E-state index in [1.807, 2.05) is 0 Å². The minimum absolute atomic E-state index is 0.0463. The molecule has 6 heteroatoms. The summed E-state index contributed by atoms with van der Waals surface area (Å²) in [7, 11) is 0. The van der Waals surface area contributed by atoms with Crippen LogP contribution in [0, 0.1) is 5.41 Å². The van der Waals surface area contributed by atoms with Gasteiger partial charge >= 0.3 is 5.92 Å². The first-order valence-electron chi connectivity index (χ1n) is 6.77. The van der Waals surface area contributed by atoms with E-state index in [9.17, 15) is 23.8 Å². The van der Waals surface area contributed by atoms with Crippen LogP contribution in [0.4, 0.5) is 8.78 Å². The normalized spacial score (nSPS) is 33.8. The van der Waals surface area contributed by atoms with Crippen LogP contribution in [0.25, 0.3) is 0 Å². The molecule has 3 N–H and O–H groups in total. The zero-order valence-corrected chi connectivity index (χ0v) is 11.1. The van der Waals surface area contributed by atoms with Gasteiger partial charge in [-0.25, -0.2) is 0 Å². The Kier molecular flexibility index (Phi) is 3.60. The minimum Gasteiger partial charge on any atom is -0.396 e. The molecule has 4 nitrogen and oxygen atoms in total. The number of aliphatic hydroxyl groups is 2. The summed E-state index contributed by atoms with van der Waals surface area (Å²) in [6.07, 6.45) is 2.49. The third kappa shape index (κ3) is 2.25. The van der Waals surface area contributed by atoms with Crippen molar-refractivity contribution in [3.63, 3.8) is 0 Å². The fraction of sp³-hybridized carbons (Fsp3) is 0.923. The molecule has 2 rings (SSSR count). The van der Waals surface area contributed by atoms with Crippen molar-refractivity contribution in [2.75, 3.05) is 6.61 Å². The number of nitrogens with one attached hydrogen (secondary N) is 1. The van der Waals surface area contributed by atoms with Crippen LogP contribution in [-0.2, 0) is 4.79 Å². The third-order valence-corrected chi connectivity index (χ3v) is 4.80. The predicted octanol–water partition coefficient (Wildman–Crippen LogP) is 1.20. The Morgan fingerprint density at radius 1 is 1.37 bits per heavy atom.